The number of nitriles is 1. The Bertz CT molecular complexity index is 336. The molecule has 0 radical (unpaired) electrons. The number of anilines is 1. The molecular formula is C10H12N4. The molecule has 0 fully saturated rings. The fourth-order valence-electron chi connectivity index (χ4n) is 1.02. The zero-order valence-electron chi connectivity index (χ0n) is 8.07. The highest BCUT2D eigenvalue weighted by Crippen LogP contribution is 2.04. The predicted molar refractivity (Wildman–Crippen MR) is 54.6 cm³/mol. The Morgan fingerprint density at radius 2 is 2.43 bits per heavy atom. The van der Waals surface area contributed by atoms with Gasteiger partial charge in [-0.25, -0.2) is 9.97 Å². The highest BCUT2D eigenvalue weighted by atomic mass is 15.0. The van der Waals surface area contributed by atoms with E-state index >= 15 is 0 Å². The van der Waals surface area contributed by atoms with Gasteiger partial charge in [-0.1, -0.05) is 6.08 Å². The van der Waals surface area contributed by atoms with Crippen molar-refractivity contribution in [2.75, 3.05) is 5.32 Å². The van der Waals surface area contributed by atoms with Crippen molar-refractivity contribution in [3.63, 3.8) is 0 Å². The van der Waals surface area contributed by atoms with Crippen molar-refractivity contribution in [1.29, 1.82) is 5.26 Å². The van der Waals surface area contributed by atoms with Gasteiger partial charge < -0.3 is 5.32 Å². The molecule has 0 aliphatic carbocycles. The minimum absolute atomic E-state index is 0.273. The van der Waals surface area contributed by atoms with Gasteiger partial charge in [0.25, 0.3) is 0 Å². The molecule has 0 spiro atoms. The lowest BCUT2D eigenvalue weighted by atomic mass is 10.2. The molecule has 1 atom stereocenters. The number of nitrogens with one attached hydrogen (secondary N) is 1. The molecule has 14 heavy (non-hydrogen) atoms. The van der Waals surface area contributed by atoms with Gasteiger partial charge >= 0.3 is 0 Å². The van der Waals surface area contributed by atoms with Crippen molar-refractivity contribution in [2.24, 2.45) is 0 Å². The normalized spacial score (nSPS) is 11.4. The minimum atomic E-state index is 0.273. The quantitative estimate of drug-likeness (QED) is 0.731. The number of rotatable bonds is 4. The first-order valence-corrected chi connectivity index (χ1v) is 4.36. The van der Waals surface area contributed by atoms with Gasteiger partial charge in [0.15, 0.2) is 5.69 Å². The van der Waals surface area contributed by atoms with Crippen LogP contribution in [0.2, 0.25) is 0 Å². The van der Waals surface area contributed by atoms with E-state index in [-0.39, 0.29) is 6.04 Å². The number of aromatic nitrogens is 2. The third kappa shape index (κ3) is 2.87. The summed E-state index contributed by atoms with van der Waals surface area (Å²) in [5.41, 5.74) is 0.326. The fourth-order valence-corrected chi connectivity index (χ4v) is 1.02. The number of hydrogen-bond acceptors (Lipinski definition) is 4. The smallest absolute Gasteiger partial charge is 0.158 e. The molecular weight excluding hydrogens is 176 g/mol. The third-order valence-corrected chi connectivity index (χ3v) is 1.68. The average Bonchev–Trinajstić information content (AvgIpc) is 2.19. The van der Waals surface area contributed by atoms with E-state index in [0.717, 1.165) is 6.42 Å². The first kappa shape index (κ1) is 10.2. The predicted octanol–water partition coefficient (Wildman–Crippen LogP) is 1.72. The molecule has 1 unspecified atom stereocenters. The maximum atomic E-state index is 8.51. The van der Waals surface area contributed by atoms with Crippen LogP contribution < -0.4 is 5.32 Å². The Morgan fingerprint density at radius 1 is 1.64 bits per heavy atom. The zero-order valence-corrected chi connectivity index (χ0v) is 8.07. The maximum absolute atomic E-state index is 8.51. The van der Waals surface area contributed by atoms with Crippen molar-refractivity contribution < 1.29 is 0 Å². The molecule has 1 aromatic heterocycles. The monoisotopic (exact) mass is 188 g/mol. The van der Waals surface area contributed by atoms with Crippen LogP contribution in [0.5, 0.6) is 0 Å². The fraction of sp³-hybridized carbons (Fsp3) is 0.300. The molecule has 0 aliphatic rings. The van der Waals surface area contributed by atoms with Gasteiger partial charge in [0.2, 0.25) is 0 Å². The highest BCUT2D eigenvalue weighted by molar-refractivity contribution is 5.34. The van der Waals surface area contributed by atoms with Gasteiger partial charge in [-0.05, 0) is 13.3 Å². The molecule has 1 aromatic rings. The second-order valence-corrected chi connectivity index (χ2v) is 2.97. The molecule has 0 amide bonds. The van der Waals surface area contributed by atoms with Crippen molar-refractivity contribution in [2.45, 2.75) is 19.4 Å². The van der Waals surface area contributed by atoms with Crippen molar-refractivity contribution in [3.8, 4) is 6.07 Å². The van der Waals surface area contributed by atoms with Crippen LogP contribution in [0.4, 0.5) is 5.82 Å². The lowest BCUT2D eigenvalue weighted by Gasteiger charge is -2.11. The first-order valence-electron chi connectivity index (χ1n) is 4.36. The molecule has 0 aliphatic heterocycles. The molecule has 1 N–H and O–H groups in total. The summed E-state index contributed by atoms with van der Waals surface area (Å²) in [5, 5.41) is 11.6. The van der Waals surface area contributed by atoms with Crippen LogP contribution in [-0.2, 0) is 0 Å². The van der Waals surface area contributed by atoms with Crippen LogP contribution in [-0.4, -0.2) is 16.0 Å². The second-order valence-electron chi connectivity index (χ2n) is 2.97. The van der Waals surface area contributed by atoms with Gasteiger partial charge in [-0.2, -0.15) is 5.26 Å². The second kappa shape index (κ2) is 4.97. The van der Waals surface area contributed by atoms with Crippen LogP contribution in [0.1, 0.15) is 19.0 Å². The molecule has 4 nitrogen and oxygen atoms in total. The standard InChI is InChI=1S/C10H12N4/c1-3-4-8(2)14-10-7-12-9(5-11)6-13-10/h3,6-8H,1,4H2,2H3,(H,13,14). The number of nitrogens with zero attached hydrogens (tertiary/aromatic N) is 3. The summed E-state index contributed by atoms with van der Waals surface area (Å²) in [5.74, 6) is 0.679. The van der Waals surface area contributed by atoms with Gasteiger partial charge in [-0.15, -0.1) is 6.58 Å². The Morgan fingerprint density at radius 3 is 2.93 bits per heavy atom. The molecule has 0 saturated carbocycles. The Labute approximate surface area is 83.3 Å². The Kier molecular flexibility index (Phi) is 3.62. The summed E-state index contributed by atoms with van der Waals surface area (Å²) >= 11 is 0. The summed E-state index contributed by atoms with van der Waals surface area (Å²) in [6, 6.07) is 2.19. The van der Waals surface area contributed by atoms with Gasteiger partial charge in [0.1, 0.15) is 11.9 Å². The number of hydrogen-bond donors (Lipinski definition) is 1. The largest absolute Gasteiger partial charge is 0.366 e. The van der Waals surface area contributed by atoms with E-state index in [0.29, 0.717) is 11.5 Å². The topological polar surface area (TPSA) is 61.6 Å². The highest BCUT2D eigenvalue weighted by Gasteiger charge is 2.00. The van der Waals surface area contributed by atoms with Crippen molar-refractivity contribution >= 4 is 5.82 Å². The van der Waals surface area contributed by atoms with E-state index in [1.807, 2.05) is 19.1 Å². The maximum Gasteiger partial charge on any atom is 0.158 e. The molecule has 0 aromatic carbocycles. The van der Waals surface area contributed by atoms with Gasteiger partial charge in [0, 0.05) is 6.04 Å². The molecule has 0 saturated heterocycles. The lowest BCUT2D eigenvalue weighted by molar-refractivity contribution is 0.805. The van der Waals surface area contributed by atoms with Crippen molar-refractivity contribution in [3.05, 3.63) is 30.7 Å². The SMILES string of the molecule is C=CCC(C)Nc1cnc(C#N)cn1. The van der Waals surface area contributed by atoms with Crippen molar-refractivity contribution in [1.82, 2.24) is 9.97 Å². The van der Waals surface area contributed by atoms with Crippen LogP contribution >= 0.6 is 0 Å². The minimum Gasteiger partial charge on any atom is -0.366 e. The van der Waals surface area contributed by atoms with E-state index in [1.54, 1.807) is 6.20 Å². The average molecular weight is 188 g/mol. The van der Waals surface area contributed by atoms with Crippen LogP contribution in [0.25, 0.3) is 0 Å². The summed E-state index contributed by atoms with van der Waals surface area (Å²) in [7, 11) is 0. The van der Waals surface area contributed by atoms with Crippen LogP contribution in [0, 0.1) is 11.3 Å². The summed E-state index contributed by atoms with van der Waals surface area (Å²) in [6.45, 7) is 5.68. The first-order chi connectivity index (χ1) is 6.76. The van der Waals surface area contributed by atoms with E-state index in [9.17, 15) is 0 Å². The van der Waals surface area contributed by atoms with E-state index in [4.69, 9.17) is 5.26 Å². The summed E-state index contributed by atoms with van der Waals surface area (Å²) in [4.78, 5) is 7.94. The summed E-state index contributed by atoms with van der Waals surface area (Å²) in [6.07, 6.45) is 5.71. The van der Waals surface area contributed by atoms with Gasteiger partial charge in [0.05, 0.1) is 12.4 Å². The molecule has 0 bridgehead atoms. The summed E-state index contributed by atoms with van der Waals surface area (Å²) < 4.78 is 0. The third-order valence-electron chi connectivity index (χ3n) is 1.68. The lowest BCUT2D eigenvalue weighted by Crippen LogP contribution is -2.14. The van der Waals surface area contributed by atoms with E-state index in [2.05, 4.69) is 21.9 Å². The van der Waals surface area contributed by atoms with E-state index < -0.39 is 0 Å². The zero-order chi connectivity index (χ0) is 10.4. The van der Waals surface area contributed by atoms with E-state index in [1.165, 1.54) is 6.20 Å². The van der Waals surface area contributed by atoms with Crippen LogP contribution in [0.3, 0.4) is 0 Å². The molecule has 1 rings (SSSR count). The van der Waals surface area contributed by atoms with Crippen LogP contribution in [0.15, 0.2) is 25.0 Å². The Balaban J connectivity index is 2.60. The molecule has 4 heteroatoms. The Hall–Kier alpha value is -1.89. The molecule has 72 valence electrons. The van der Waals surface area contributed by atoms with Gasteiger partial charge in [-0.3, -0.25) is 0 Å². The molecule has 1 heterocycles.